The van der Waals surface area contributed by atoms with Crippen LogP contribution < -0.4 is 11.1 Å². The summed E-state index contributed by atoms with van der Waals surface area (Å²) in [7, 11) is 0. The highest BCUT2D eigenvalue weighted by atomic mass is 16.3. The molecule has 2 atom stereocenters. The van der Waals surface area contributed by atoms with Crippen molar-refractivity contribution in [2.24, 2.45) is 11.7 Å². The molecule has 2 aromatic rings. The smallest absolute Gasteiger partial charge is 0.273 e. The van der Waals surface area contributed by atoms with Gasteiger partial charge in [0, 0.05) is 25.5 Å². The number of hydrogen-bond acceptors (Lipinski definition) is 5. The summed E-state index contributed by atoms with van der Waals surface area (Å²) in [6.45, 7) is 5.46. The number of nitrogens with one attached hydrogen (secondary N) is 1. The summed E-state index contributed by atoms with van der Waals surface area (Å²) in [5, 5.41) is 2.82. The molecule has 22 heavy (non-hydrogen) atoms. The van der Waals surface area contributed by atoms with Crippen LogP contribution in [0.3, 0.4) is 0 Å². The molecule has 3 N–H and O–H groups in total. The van der Waals surface area contributed by atoms with Crippen molar-refractivity contribution in [3.8, 4) is 0 Å². The van der Waals surface area contributed by atoms with Crippen molar-refractivity contribution in [1.29, 1.82) is 0 Å². The lowest BCUT2D eigenvalue weighted by Crippen LogP contribution is -2.26. The fourth-order valence-electron chi connectivity index (χ4n) is 2.02. The number of amides is 1. The van der Waals surface area contributed by atoms with Crippen molar-refractivity contribution in [1.82, 2.24) is 19.9 Å². The molecule has 1 amide bonds. The van der Waals surface area contributed by atoms with Gasteiger partial charge in [-0.1, -0.05) is 20.3 Å². The molecule has 2 aromatic heterocycles. The number of hydrogen-bond donors (Lipinski definition) is 2. The van der Waals surface area contributed by atoms with Gasteiger partial charge in [0.2, 0.25) is 5.89 Å². The Hall–Kier alpha value is -2.15. The van der Waals surface area contributed by atoms with E-state index in [1.165, 1.54) is 6.26 Å². The number of oxazole rings is 1. The zero-order valence-corrected chi connectivity index (χ0v) is 13.0. The molecule has 7 heteroatoms. The highest BCUT2D eigenvalue weighted by molar-refractivity contribution is 5.91. The van der Waals surface area contributed by atoms with Crippen LogP contribution in [0, 0.1) is 5.92 Å². The number of carbonyl (C=O) groups is 1. The molecule has 0 aromatic carbocycles. The van der Waals surface area contributed by atoms with Gasteiger partial charge in [0.25, 0.3) is 5.91 Å². The lowest BCUT2D eigenvalue weighted by molar-refractivity contribution is 0.0947. The minimum absolute atomic E-state index is 0.239. The minimum Gasteiger partial charge on any atom is -0.446 e. The van der Waals surface area contributed by atoms with Crippen molar-refractivity contribution in [3.63, 3.8) is 0 Å². The molecule has 0 aliphatic carbocycles. The standard InChI is InChI=1S/C15H23N5O2/c1-3-11(2)13(16)15-19-12(9-22-15)14(21)18-5-4-7-20-8-6-17-10-20/h6,8-11,13H,3-5,7,16H2,1-2H3,(H,18,21). The van der Waals surface area contributed by atoms with E-state index in [4.69, 9.17) is 10.2 Å². The van der Waals surface area contributed by atoms with Gasteiger partial charge < -0.3 is 20.0 Å². The first kappa shape index (κ1) is 16.2. The van der Waals surface area contributed by atoms with E-state index in [1.807, 2.05) is 17.7 Å². The second-order valence-corrected chi connectivity index (χ2v) is 5.39. The molecule has 0 saturated carbocycles. The average Bonchev–Trinajstić information content (AvgIpc) is 3.21. The number of rotatable bonds is 8. The Bertz CT molecular complexity index is 579. The van der Waals surface area contributed by atoms with Gasteiger partial charge in [-0.25, -0.2) is 9.97 Å². The van der Waals surface area contributed by atoms with Crippen LogP contribution in [0.15, 0.2) is 29.4 Å². The first-order valence-electron chi connectivity index (χ1n) is 7.56. The van der Waals surface area contributed by atoms with Crippen molar-refractivity contribution in [2.45, 2.75) is 39.3 Å². The van der Waals surface area contributed by atoms with Crippen LogP contribution in [0.2, 0.25) is 0 Å². The average molecular weight is 305 g/mol. The van der Waals surface area contributed by atoms with Gasteiger partial charge in [0.15, 0.2) is 5.69 Å². The Morgan fingerprint density at radius 3 is 3.05 bits per heavy atom. The molecule has 120 valence electrons. The summed E-state index contributed by atoms with van der Waals surface area (Å²) in [6, 6.07) is -0.284. The second kappa shape index (κ2) is 7.74. The molecular formula is C15H23N5O2. The quantitative estimate of drug-likeness (QED) is 0.724. The molecule has 2 rings (SSSR count). The molecule has 0 spiro atoms. The number of aromatic nitrogens is 3. The van der Waals surface area contributed by atoms with Crippen molar-refractivity contribution < 1.29 is 9.21 Å². The van der Waals surface area contributed by atoms with Crippen molar-refractivity contribution in [2.75, 3.05) is 6.54 Å². The van der Waals surface area contributed by atoms with Crippen LogP contribution in [0.25, 0.3) is 0 Å². The lowest BCUT2D eigenvalue weighted by atomic mass is 10.0. The zero-order valence-electron chi connectivity index (χ0n) is 13.0. The van der Waals surface area contributed by atoms with E-state index in [0.717, 1.165) is 19.4 Å². The predicted molar refractivity (Wildman–Crippen MR) is 82.1 cm³/mol. The zero-order chi connectivity index (χ0) is 15.9. The van der Waals surface area contributed by atoms with E-state index < -0.39 is 0 Å². The van der Waals surface area contributed by atoms with Crippen LogP contribution in [0.4, 0.5) is 0 Å². The fraction of sp³-hybridized carbons (Fsp3) is 0.533. The molecule has 2 unspecified atom stereocenters. The lowest BCUT2D eigenvalue weighted by Gasteiger charge is -2.13. The number of carbonyl (C=O) groups excluding carboxylic acids is 1. The number of nitrogens with zero attached hydrogens (tertiary/aromatic N) is 3. The Morgan fingerprint density at radius 2 is 2.36 bits per heavy atom. The van der Waals surface area contributed by atoms with Crippen LogP contribution in [-0.2, 0) is 6.54 Å². The Kier molecular flexibility index (Phi) is 5.71. The van der Waals surface area contributed by atoms with Gasteiger partial charge in [-0.2, -0.15) is 0 Å². The third-order valence-corrected chi connectivity index (χ3v) is 3.73. The van der Waals surface area contributed by atoms with Crippen LogP contribution in [-0.4, -0.2) is 27.0 Å². The number of imidazole rings is 1. The highest BCUT2D eigenvalue weighted by Crippen LogP contribution is 2.20. The summed E-state index contributed by atoms with van der Waals surface area (Å²) in [5.41, 5.74) is 6.32. The van der Waals surface area contributed by atoms with Crippen LogP contribution in [0.5, 0.6) is 0 Å². The highest BCUT2D eigenvalue weighted by Gasteiger charge is 2.20. The molecule has 0 radical (unpaired) electrons. The molecule has 0 aliphatic heterocycles. The molecule has 0 fully saturated rings. The number of aryl methyl sites for hydroxylation is 1. The van der Waals surface area contributed by atoms with E-state index in [2.05, 4.69) is 22.2 Å². The maximum absolute atomic E-state index is 12.0. The van der Waals surface area contributed by atoms with Crippen LogP contribution >= 0.6 is 0 Å². The Balaban J connectivity index is 1.79. The maximum Gasteiger partial charge on any atom is 0.273 e. The molecule has 0 saturated heterocycles. The normalized spacial score (nSPS) is 13.8. The second-order valence-electron chi connectivity index (χ2n) is 5.39. The van der Waals surface area contributed by atoms with Crippen molar-refractivity contribution in [3.05, 3.63) is 36.6 Å². The SMILES string of the molecule is CCC(C)C(N)c1nc(C(=O)NCCCn2ccnc2)co1. The Labute approximate surface area is 129 Å². The first-order valence-corrected chi connectivity index (χ1v) is 7.56. The third-order valence-electron chi connectivity index (χ3n) is 3.73. The van der Waals surface area contributed by atoms with E-state index in [-0.39, 0.29) is 23.6 Å². The van der Waals surface area contributed by atoms with Gasteiger partial charge in [-0.3, -0.25) is 4.79 Å². The third kappa shape index (κ3) is 4.17. The van der Waals surface area contributed by atoms with Gasteiger partial charge in [0.1, 0.15) is 6.26 Å². The topological polar surface area (TPSA) is 99.0 Å². The molecule has 0 bridgehead atoms. The molecule has 0 aliphatic rings. The minimum atomic E-state index is -0.284. The molecule has 2 heterocycles. The molecular weight excluding hydrogens is 282 g/mol. The fourth-order valence-corrected chi connectivity index (χ4v) is 2.02. The number of nitrogens with two attached hydrogens (primary N) is 1. The van der Waals surface area contributed by atoms with Crippen molar-refractivity contribution >= 4 is 5.91 Å². The summed E-state index contributed by atoms with van der Waals surface area (Å²) < 4.78 is 7.29. The van der Waals surface area contributed by atoms with Gasteiger partial charge >= 0.3 is 0 Å². The summed E-state index contributed by atoms with van der Waals surface area (Å²) >= 11 is 0. The van der Waals surface area contributed by atoms with E-state index in [1.54, 1.807) is 12.5 Å². The monoisotopic (exact) mass is 305 g/mol. The molecule has 7 nitrogen and oxygen atoms in total. The summed E-state index contributed by atoms with van der Waals surface area (Å²) in [5.74, 6) is 0.430. The first-order chi connectivity index (χ1) is 10.6. The van der Waals surface area contributed by atoms with Crippen LogP contribution in [0.1, 0.15) is 49.1 Å². The van der Waals surface area contributed by atoms with Gasteiger partial charge in [0.05, 0.1) is 12.4 Å². The largest absolute Gasteiger partial charge is 0.446 e. The summed E-state index contributed by atoms with van der Waals surface area (Å²) in [4.78, 5) is 20.1. The Morgan fingerprint density at radius 1 is 1.55 bits per heavy atom. The summed E-state index contributed by atoms with van der Waals surface area (Å²) in [6.07, 6.45) is 8.49. The maximum atomic E-state index is 12.0. The van der Waals surface area contributed by atoms with Gasteiger partial charge in [-0.05, 0) is 12.3 Å². The van der Waals surface area contributed by atoms with Gasteiger partial charge in [-0.15, -0.1) is 0 Å². The van der Waals surface area contributed by atoms with E-state index >= 15 is 0 Å². The van der Waals surface area contributed by atoms with E-state index in [9.17, 15) is 4.79 Å². The predicted octanol–water partition coefficient (Wildman–Crippen LogP) is 1.74. The van der Waals surface area contributed by atoms with E-state index in [0.29, 0.717) is 12.4 Å².